The van der Waals surface area contributed by atoms with Crippen LogP contribution in [0, 0.1) is 0 Å². The monoisotopic (exact) mass is 393 g/mol. The molecule has 2 aromatic carbocycles. The number of benzene rings is 2. The van der Waals surface area contributed by atoms with Crippen molar-refractivity contribution in [1.82, 2.24) is 15.5 Å². The SMILES string of the molecule is C[C@H](CCc1ccccc1)NC(=O)CN1C(=O)N[C@@H](CCc2ccccc2)C1=O. The second-order valence-corrected chi connectivity index (χ2v) is 7.44. The van der Waals surface area contributed by atoms with Gasteiger partial charge < -0.3 is 10.6 Å². The molecule has 0 spiro atoms. The van der Waals surface area contributed by atoms with Crippen LogP contribution >= 0.6 is 0 Å². The largest absolute Gasteiger partial charge is 0.352 e. The van der Waals surface area contributed by atoms with E-state index in [0.717, 1.165) is 23.3 Å². The highest BCUT2D eigenvalue weighted by molar-refractivity contribution is 6.06. The predicted molar refractivity (Wildman–Crippen MR) is 111 cm³/mol. The summed E-state index contributed by atoms with van der Waals surface area (Å²) in [6, 6.07) is 18.7. The fourth-order valence-electron chi connectivity index (χ4n) is 3.44. The van der Waals surface area contributed by atoms with Crippen LogP contribution in [0.5, 0.6) is 0 Å². The van der Waals surface area contributed by atoms with E-state index in [0.29, 0.717) is 12.8 Å². The molecule has 1 saturated heterocycles. The number of rotatable bonds is 9. The van der Waals surface area contributed by atoms with Crippen molar-refractivity contribution < 1.29 is 14.4 Å². The molecule has 2 atom stereocenters. The molecule has 0 radical (unpaired) electrons. The Balaban J connectivity index is 1.44. The number of aryl methyl sites for hydroxylation is 2. The van der Waals surface area contributed by atoms with Crippen molar-refractivity contribution in [3.63, 3.8) is 0 Å². The highest BCUT2D eigenvalue weighted by Gasteiger charge is 2.38. The number of hydrogen-bond donors (Lipinski definition) is 2. The lowest BCUT2D eigenvalue weighted by Gasteiger charge is -2.17. The van der Waals surface area contributed by atoms with Crippen LogP contribution in [-0.4, -0.2) is 41.4 Å². The van der Waals surface area contributed by atoms with E-state index in [1.54, 1.807) is 0 Å². The van der Waals surface area contributed by atoms with Crippen molar-refractivity contribution in [1.29, 1.82) is 0 Å². The minimum Gasteiger partial charge on any atom is -0.352 e. The van der Waals surface area contributed by atoms with E-state index < -0.39 is 12.1 Å². The van der Waals surface area contributed by atoms with Gasteiger partial charge in [-0.1, -0.05) is 60.7 Å². The average molecular weight is 393 g/mol. The fourth-order valence-corrected chi connectivity index (χ4v) is 3.44. The number of carbonyl (C=O) groups excluding carboxylic acids is 3. The van der Waals surface area contributed by atoms with Gasteiger partial charge in [0, 0.05) is 6.04 Å². The third-order valence-electron chi connectivity index (χ3n) is 5.09. The molecule has 2 aromatic rings. The fraction of sp³-hybridized carbons (Fsp3) is 0.348. The summed E-state index contributed by atoms with van der Waals surface area (Å²) in [5.41, 5.74) is 2.32. The van der Waals surface area contributed by atoms with Gasteiger partial charge in [-0.2, -0.15) is 0 Å². The number of nitrogens with one attached hydrogen (secondary N) is 2. The zero-order valence-corrected chi connectivity index (χ0v) is 16.6. The Hall–Kier alpha value is -3.15. The molecule has 1 fully saturated rings. The summed E-state index contributed by atoms with van der Waals surface area (Å²) >= 11 is 0. The molecule has 0 unspecified atom stereocenters. The Morgan fingerprint density at radius 3 is 2.21 bits per heavy atom. The number of carbonyl (C=O) groups is 3. The molecule has 2 N–H and O–H groups in total. The van der Waals surface area contributed by atoms with E-state index in [1.807, 2.05) is 55.5 Å². The number of urea groups is 1. The minimum atomic E-state index is -0.578. The van der Waals surface area contributed by atoms with Gasteiger partial charge in [0.05, 0.1) is 0 Å². The Bertz CT molecular complexity index is 839. The summed E-state index contributed by atoms with van der Waals surface area (Å²) in [5, 5.41) is 5.56. The first kappa shape index (κ1) is 20.6. The number of amides is 4. The maximum atomic E-state index is 12.5. The standard InChI is InChI=1S/C23H27N3O3/c1-17(12-13-18-8-4-2-5-9-18)24-21(27)16-26-22(28)20(25-23(26)29)15-14-19-10-6-3-7-11-19/h2-11,17,20H,12-16H2,1H3,(H,24,27)(H,25,29)/t17-,20+/m1/s1. The van der Waals surface area contributed by atoms with Gasteiger partial charge in [0.25, 0.3) is 5.91 Å². The van der Waals surface area contributed by atoms with Gasteiger partial charge in [0.15, 0.2) is 0 Å². The highest BCUT2D eigenvalue weighted by atomic mass is 16.2. The van der Waals surface area contributed by atoms with Crippen molar-refractivity contribution in [3.05, 3.63) is 71.8 Å². The van der Waals surface area contributed by atoms with Gasteiger partial charge in [-0.25, -0.2) is 4.79 Å². The van der Waals surface area contributed by atoms with Gasteiger partial charge in [-0.3, -0.25) is 14.5 Å². The molecule has 6 heteroatoms. The van der Waals surface area contributed by atoms with Crippen molar-refractivity contribution in [2.24, 2.45) is 0 Å². The second-order valence-electron chi connectivity index (χ2n) is 7.44. The molecule has 3 rings (SSSR count). The van der Waals surface area contributed by atoms with Crippen LogP contribution in [-0.2, 0) is 22.4 Å². The summed E-state index contributed by atoms with van der Waals surface area (Å²) in [6.07, 6.45) is 2.84. The van der Waals surface area contributed by atoms with E-state index in [4.69, 9.17) is 0 Å². The molecule has 4 amide bonds. The van der Waals surface area contributed by atoms with Gasteiger partial charge in [-0.15, -0.1) is 0 Å². The van der Waals surface area contributed by atoms with E-state index >= 15 is 0 Å². The van der Waals surface area contributed by atoms with Crippen molar-refractivity contribution in [3.8, 4) is 0 Å². The molecular weight excluding hydrogens is 366 g/mol. The summed E-state index contributed by atoms with van der Waals surface area (Å²) in [7, 11) is 0. The zero-order chi connectivity index (χ0) is 20.6. The smallest absolute Gasteiger partial charge is 0.325 e. The maximum absolute atomic E-state index is 12.5. The molecule has 152 valence electrons. The molecule has 1 heterocycles. The van der Waals surface area contributed by atoms with Gasteiger partial charge in [0.1, 0.15) is 12.6 Å². The summed E-state index contributed by atoms with van der Waals surface area (Å²) in [5.74, 6) is -0.657. The number of imide groups is 1. The van der Waals surface area contributed by atoms with Crippen LogP contribution in [0.4, 0.5) is 4.79 Å². The van der Waals surface area contributed by atoms with E-state index in [9.17, 15) is 14.4 Å². The lowest BCUT2D eigenvalue weighted by molar-refractivity contribution is -0.132. The summed E-state index contributed by atoms with van der Waals surface area (Å²) in [4.78, 5) is 38.0. The summed E-state index contributed by atoms with van der Waals surface area (Å²) < 4.78 is 0. The lowest BCUT2D eigenvalue weighted by atomic mass is 10.1. The normalized spacial score (nSPS) is 17.1. The van der Waals surface area contributed by atoms with Gasteiger partial charge >= 0.3 is 6.03 Å². The molecule has 0 aliphatic carbocycles. The molecule has 0 bridgehead atoms. The van der Waals surface area contributed by atoms with Crippen molar-refractivity contribution in [2.45, 2.75) is 44.7 Å². The number of hydrogen-bond acceptors (Lipinski definition) is 3. The van der Waals surface area contributed by atoms with Crippen LogP contribution in [0.2, 0.25) is 0 Å². The first-order valence-corrected chi connectivity index (χ1v) is 10.0. The Labute approximate surface area is 171 Å². The molecule has 0 saturated carbocycles. The van der Waals surface area contributed by atoms with E-state index in [2.05, 4.69) is 22.8 Å². The van der Waals surface area contributed by atoms with Crippen LogP contribution in [0.3, 0.4) is 0 Å². The quantitative estimate of drug-likeness (QED) is 0.643. The topological polar surface area (TPSA) is 78.5 Å². The Morgan fingerprint density at radius 2 is 1.59 bits per heavy atom. The average Bonchev–Trinajstić information content (AvgIpc) is 3.00. The predicted octanol–water partition coefficient (Wildman–Crippen LogP) is 2.68. The third kappa shape index (κ3) is 5.91. The molecule has 1 aliphatic rings. The van der Waals surface area contributed by atoms with Gasteiger partial charge in [0.2, 0.25) is 5.91 Å². The third-order valence-corrected chi connectivity index (χ3v) is 5.09. The van der Waals surface area contributed by atoms with Gasteiger partial charge in [-0.05, 0) is 43.7 Å². The molecule has 0 aromatic heterocycles. The van der Waals surface area contributed by atoms with Crippen molar-refractivity contribution in [2.75, 3.05) is 6.54 Å². The number of nitrogens with zero attached hydrogens (tertiary/aromatic N) is 1. The first-order chi connectivity index (χ1) is 14.0. The van der Waals surface area contributed by atoms with E-state index in [1.165, 1.54) is 5.56 Å². The van der Waals surface area contributed by atoms with Crippen molar-refractivity contribution >= 4 is 17.8 Å². The summed E-state index contributed by atoms with van der Waals surface area (Å²) in [6.45, 7) is 1.68. The maximum Gasteiger partial charge on any atom is 0.325 e. The first-order valence-electron chi connectivity index (χ1n) is 10.0. The van der Waals surface area contributed by atoms with Crippen LogP contribution in [0.1, 0.15) is 30.9 Å². The molecular formula is C23H27N3O3. The Kier molecular flexibility index (Phi) is 7.00. The zero-order valence-electron chi connectivity index (χ0n) is 16.6. The molecule has 29 heavy (non-hydrogen) atoms. The van der Waals surface area contributed by atoms with Crippen LogP contribution in [0.25, 0.3) is 0 Å². The van der Waals surface area contributed by atoms with Crippen LogP contribution in [0.15, 0.2) is 60.7 Å². The second kappa shape index (κ2) is 9.87. The van der Waals surface area contributed by atoms with E-state index in [-0.39, 0.29) is 24.4 Å². The lowest BCUT2D eigenvalue weighted by Crippen LogP contribution is -2.44. The minimum absolute atomic E-state index is 0.0441. The molecule has 6 nitrogen and oxygen atoms in total. The van der Waals surface area contributed by atoms with Crippen LogP contribution < -0.4 is 10.6 Å². The Morgan fingerprint density at radius 1 is 1.00 bits per heavy atom. The molecule has 1 aliphatic heterocycles. The highest BCUT2D eigenvalue weighted by Crippen LogP contribution is 2.13.